The second kappa shape index (κ2) is 8.10. The number of anilines is 1. The van der Waals surface area contributed by atoms with E-state index in [1.54, 1.807) is 0 Å². The first-order chi connectivity index (χ1) is 13.6. The van der Waals surface area contributed by atoms with Crippen LogP contribution in [0.3, 0.4) is 0 Å². The zero-order valence-electron chi connectivity index (χ0n) is 16.3. The van der Waals surface area contributed by atoms with Gasteiger partial charge in [-0.15, -0.1) is 0 Å². The summed E-state index contributed by atoms with van der Waals surface area (Å²) in [5, 5.41) is 0. The number of Topliss-reactive ketones (excluding diaryl/α,β-unsaturated/α-hetero) is 1. The molecule has 1 amide bonds. The lowest BCUT2D eigenvalue weighted by atomic mass is 9.91. The van der Waals surface area contributed by atoms with E-state index in [1.165, 1.54) is 17.3 Å². The predicted molar refractivity (Wildman–Crippen MR) is 114 cm³/mol. The van der Waals surface area contributed by atoms with Crippen molar-refractivity contribution in [1.82, 2.24) is 4.90 Å². The van der Waals surface area contributed by atoms with Crippen molar-refractivity contribution in [3.63, 3.8) is 0 Å². The fraction of sp³-hybridized carbons (Fsp3) is 0.391. The molecule has 2 aliphatic heterocycles. The quantitative estimate of drug-likeness (QED) is 0.715. The molecular formula is C23H26N2O2S. The maximum absolute atomic E-state index is 13.5. The number of piperidine rings is 1. The number of benzene rings is 2. The van der Waals surface area contributed by atoms with Gasteiger partial charge in [0.15, 0.2) is 10.5 Å². The molecule has 1 spiro atoms. The molecule has 1 atom stereocenters. The highest BCUT2D eigenvalue weighted by Gasteiger charge is 2.54. The standard InChI is InChI=1S/C23H26N2O2S/c1-2-3-14-25-19-11-7-8-12-20(19)28-23(22(25)27)13-15-24(17-21(23)26)16-18-9-5-4-6-10-18/h4-12H,2-3,13-17H2,1H3. The van der Waals surface area contributed by atoms with Gasteiger partial charge in [0, 0.05) is 24.5 Å². The molecule has 1 saturated heterocycles. The van der Waals surface area contributed by atoms with Crippen LogP contribution in [0.1, 0.15) is 31.7 Å². The molecule has 0 N–H and O–H groups in total. The number of hydrogen-bond acceptors (Lipinski definition) is 4. The van der Waals surface area contributed by atoms with Gasteiger partial charge in [-0.25, -0.2) is 0 Å². The molecule has 0 aromatic heterocycles. The molecule has 2 heterocycles. The molecule has 0 aliphatic carbocycles. The van der Waals surface area contributed by atoms with Gasteiger partial charge in [-0.2, -0.15) is 0 Å². The van der Waals surface area contributed by atoms with Gasteiger partial charge in [-0.1, -0.05) is 67.6 Å². The monoisotopic (exact) mass is 394 g/mol. The van der Waals surface area contributed by atoms with Crippen LogP contribution in [0.2, 0.25) is 0 Å². The van der Waals surface area contributed by atoms with E-state index in [2.05, 4.69) is 24.0 Å². The number of carbonyl (C=O) groups excluding carboxylic acids is 2. The average molecular weight is 395 g/mol. The first-order valence-electron chi connectivity index (χ1n) is 10.0. The highest BCUT2D eigenvalue weighted by Crippen LogP contribution is 2.49. The fourth-order valence-corrected chi connectivity index (χ4v) is 5.41. The average Bonchev–Trinajstić information content (AvgIpc) is 2.72. The topological polar surface area (TPSA) is 40.6 Å². The number of carbonyl (C=O) groups is 2. The van der Waals surface area contributed by atoms with Crippen molar-refractivity contribution in [3.8, 4) is 0 Å². The van der Waals surface area contributed by atoms with Crippen LogP contribution in [-0.4, -0.2) is 41.0 Å². The van der Waals surface area contributed by atoms with Gasteiger partial charge in [0.25, 0.3) is 5.91 Å². The second-order valence-electron chi connectivity index (χ2n) is 7.58. The summed E-state index contributed by atoms with van der Waals surface area (Å²) < 4.78 is -0.963. The van der Waals surface area contributed by atoms with Gasteiger partial charge in [0.1, 0.15) is 0 Å². The van der Waals surface area contributed by atoms with Gasteiger partial charge in [-0.05, 0) is 30.5 Å². The van der Waals surface area contributed by atoms with Crippen LogP contribution in [0.4, 0.5) is 5.69 Å². The van der Waals surface area contributed by atoms with E-state index in [0.29, 0.717) is 19.5 Å². The summed E-state index contributed by atoms with van der Waals surface area (Å²) in [6, 6.07) is 18.2. The molecule has 0 bridgehead atoms. The Labute approximate surface area is 170 Å². The maximum Gasteiger partial charge on any atom is 0.251 e. The molecule has 0 radical (unpaired) electrons. The zero-order chi connectivity index (χ0) is 19.6. The number of unbranched alkanes of at least 4 members (excludes halogenated alkanes) is 1. The summed E-state index contributed by atoms with van der Waals surface area (Å²) >= 11 is 1.47. The lowest BCUT2D eigenvalue weighted by Crippen LogP contribution is -2.61. The maximum atomic E-state index is 13.5. The molecule has 1 fully saturated rings. The van der Waals surface area contributed by atoms with Crippen LogP contribution in [0.5, 0.6) is 0 Å². The minimum atomic E-state index is -0.963. The molecule has 0 saturated carbocycles. The zero-order valence-corrected chi connectivity index (χ0v) is 17.1. The summed E-state index contributed by atoms with van der Waals surface area (Å²) in [5.74, 6) is 0.0229. The number of rotatable bonds is 5. The van der Waals surface area contributed by atoms with E-state index in [-0.39, 0.29) is 11.7 Å². The van der Waals surface area contributed by atoms with Crippen LogP contribution in [-0.2, 0) is 16.1 Å². The molecule has 2 aliphatic rings. The number of para-hydroxylation sites is 1. The Kier molecular flexibility index (Phi) is 5.56. The van der Waals surface area contributed by atoms with Gasteiger partial charge in [0.2, 0.25) is 0 Å². The molecule has 28 heavy (non-hydrogen) atoms. The third kappa shape index (κ3) is 3.49. The van der Waals surface area contributed by atoms with Crippen molar-refractivity contribution in [2.75, 3.05) is 24.5 Å². The van der Waals surface area contributed by atoms with Gasteiger partial charge >= 0.3 is 0 Å². The van der Waals surface area contributed by atoms with Crippen molar-refractivity contribution in [2.24, 2.45) is 0 Å². The fourth-order valence-electron chi connectivity index (χ4n) is 4.04. The predicted octanol–water partition coefficient (Wildman–Crippen LogP) is 4.14. The van der Waals surface area contributed by atoms with Crippen LogP contribution >= 0.6 is 11.8 Å². The molecule has 2 aromatic carbocycles. The smallest absolute Gasteiger partial charge is 0.251 e. The Morgan fingerprint density at radius 1 is 1.04 bits per heavy atom. The van der Waals surface area contributed by atoms with E-state index in [9.17, 15) is 9.59 Å². The largest absolute Gasteiger partial charge is 0.310 e. The minimum Gasteiger partial charge on any atom is -0.310 e. The number of nitrogens with zero attached hydrogens (tertiary/aromatic N) is 2. The first kappa shape index (κ1) is 19.2. The van der Waals surface area contributed by atoms with E-state index in [1.807, 2.05) is 47.4 Å². The molecule has 4 rings (SSSR count). The number of fused-ring (bicyclic) bond motifs is 1. The summed E-state index contributed by atoms with van der Waals surface area (Å²) in [5.41, 5.74) is 2.15. The Morgan fingerprint density at radius 3 is 2.54 bits per heavy atom. The summed E-state index contributed by atoms with van der Waals surface area (Å²) in [6.45, 7) is 4.63. The van der Waals surface area contributed by atoms with Crippen LogP contribution in [0, 0.1) is 0 Å². The van der Waals surface area contributed by atoms with Crippen LogP contribution in [0.25, 0.3) is 0 Å². The van der Waals surface area contributed by atoms with E-state index in [0.717, 1.165) is 36.5 Å². The molecule has 4 nitrogen and oxygen atoms in total. The second-order valence-corrected chi connectivity index (χ2v) is 8.92. The van der Waals surface area contributed by atoms with Crippen molar-refractivity contribution >= 4 is 29.1 Å². The highest BCUT2D eigenvalue weighted by molar-refractivity contribution is 8.02. The Balaban J connectivity index is 1.57. The van der Waals surface area contributed by atoms with Crippen molar-refractivity contribution < 1.29 is 9.59 Å². The van der Waals surface area contributed by atoms with Crippen LogP contribution in [0.15, 0.2) is 59.5 Å². The molecule has 1 unspecified atom stereocenters. The van der Waals surface area contributed by atoms with Gasteiger partial charge < -0.3 is 4.90 Å². The Bertz CT molecular complexity index is 870. The van der Waals surface area contributed by atoms with Crippen LogP contribution < -0.4 is 4.90 Å². The van der Waals surface area contributed by atoms with Crippen molar-refractivity contribution in [1.29, 1.82) is 0 Å². The Hall–Kier alpha value is -2.11. The SMILES string of the molecule is CCCCN1C(=O)C2(CCN(Cc3ccccc3)CC2=O)Sc2ccccc21. The number of thioether (sulfide) groups is 1. The van der Waals surface area contributed by atoms with Gasteiger partial charge in [-0.3, -0.25) is 14.5 Å². The molecule has 146 valence electrons. The molecule has 2 aromatic rings. The number of hydrogen-bond donors (Lipinski definition) is 0. The summed E-state index contributed by atoms with van der Waals surface area (Å²) in [6.07, 6.45) is 2.53. The third-order valence-corrected chi connectivity index (χ3v) is 7.13. The lowest BCUT2D eigenvalue weighted by molar-refractivity contribution is -0.133. The molecular weight excluding hydrogens is 368 g/mol. The Morgan fingerprint density at radius 2 is 1.79 bits per heavy atom. The molecule has 5 heteroatoms. The highest BCUT2D eigenvalue weighted by atomic mass is 32.2. The minimum absolute atomic E-state index is 0.0194. The summed E-state index contributed by atoms with van der Waals surface area (Å²) in [7, 11) is 0. The third-order valence-electron chi connectivity index (χ3n) is 5.61. The first-order valence-corrected chi connectivity index (χ1v) is 10.9. The number of ketones is 1. The van der Waals surface area contributed by atoms with E-state index >= 15 is 0 Å². The number of amides is 1. The summed E-state index contributed by atoms with van der Waals surface area (Å²) in [4.78, 5) is 31.9. The van der Waals surface area contributed by atoms with E-state index < -0.39 is 4.75 Å². The number of likely N-dealkylation sites (tertiary alicyclic amines) is 1. The van der Waals surface area contributed by atoms with E-state index in [4.69, 9.17) is 0 Å². The van der Waals surface area contributed by atoms with Gasteiger partial charge in [0.05, 0.1) is 12.2 Å². The van der Waals surface area contributed by atoms with Crippen molar-refractivity contribution in [2.45, 2.75) is 42.4 Å². The lowest BCUT2D eigenvalue weighted by Gasteiger charge is -2.45. The van der Waals surface area contributed by atoms with Crippen molar-refractivity contribution in [3.05, 3.63) is 60.2 Å². The normalized spacial score (nSPS) is 22.5.